The van der Waals surface area contributed by atoms with Crippen molar-refractivity contribution in [2.24, 2.45) is 9.98 Å². The van der Waals surface area contributed by atoms with Crippen molar-refractivity contribution in [1.82, 2.24) is 0 Å². The lowest BCUT2D eigenvalue weighted by atomic mass is 10.0. The Morgan fingerprint density at radius 1 is 0.500 bits per heavy atom. The minimum atomic E-state index is 0.245. The SMILES string of the molecule is CCCCCCCCCc1ccc(O)c(C(C)=Nc2ccccc2N=C(C)c2cc(CCCCCCCCC)ccc2O)c1. The molecule has 0 atom stereocenters. The molecule has 0 radical (unpaired) electrons. The lowest BCUT2D eigenvalue weighted by Crippen LogP contribution is -1.98. The van der Waals surface area contributed by atoms with Gasteiger partial charge in [0.1, 0.15) is 11.5 Å². The molecule has 44 heavy (non-hydrogen) atoms. The molecule has 3 aromatic rings. The van der Waals surface area contributed by atoms with E-state index in [0.29, 0.717) is 0 Å². The first kappa shape index (κ1) is 35.1. The number of benzene rings is 3. The van der Waals surface area contributed by atoms with Crippen LogP contribution >= 0.6 is 0 Å². The highest BCUT2D eigenvalue weighted by Gasteiger charge is 2.11. The van der Waals surface area contributed by atoms with Gasteiger partial charge in [0.2, 0.25) is 0 Å². The van der Waals surface area contributed by atoms with E-state index in [1.165, 1.54) is 88.2 Å². The van der Waals surface area contributed by atoms with E-state index in [1.807, 2.05) is 50.2 Å². The molecular weight excluding hydrogens is 540 g/mol. The third kappa shape index (κ3) is 11.9. The van der Waals surface area contributed by atoms with Crippen LogP contribution in [0.2, 0.25) is 0 Å². The molecule has 0 saturated carbocycles. The molecule has 3 aromatic carbocycles. The largest absolute Gasteiger partial charge is 0.507 e. The van der Waals surface area contributed by atoms with Crippen LogP contribution < -0.4 is 0 Å². The van der Waals surface area contributed by atoms with Crippen molar-refractivity contribution in [3.63, 3.8) is 0 Å². The first-order valence-electron chi connectivity index (χ1n) is 17.3. The van der Waals surface area contributed by atoms with Gasteiger partial charge in [0.15, 0.2) is 0 Å². The first-order valence-corrected chi connectivity index (χ1v) is 17.3. The Morgan fingerprint density at radius 2 is 0.864 bits per heavy atom. The van der Waals surface area contributed by atoms with Gasteiger partial charge in [-0.3, -0.25) is 9.98 Å². The van der Waals surface area contributed by atoms with Gasteiger partial charge in [-0.25, -0.2) is 0 Å². The number of aryl methyl sites for hydroxylation is 2. The van der Waals surface area contributed by atoms with Gasteiger partial charge in [-0.1, -0.05) is 115 Å². The summed E-state index contributed by atoms with van der Waals surface area (Å²) < 4.78 is 0. The second kappa shape index (κ2) is 19.8. The zero-order valence-electron chi connectivity index (χ0n) is 27.9. The van der Waals surface area contributed by atoms with Crippen LogP contribution in [0.5, 0.6) is 11.5 Å². The maximum absolute atomic E-state index is 10.7. The van der Waals surface area contributed by atoms with Gasteiger partial charge in [0, 0.05) is 22.6 Å². The van der Waals surface area contributed by atoms with E-state index in [1.54, 1.807) is 12.1 Å². The zero-order chi connectivity index (χ0) is 31.6. The summed E-state index contributed by atoms with van der Waals surface area (Å²) in [6.07, 6.45) is 20.0. The number of phenolic OH excluding ortho intramolecular Hbond substituents is 2. The second-order valence-corrected chi connectivity index (χ2v) is 12.3. The summed E-state index contributed by atoms with van der Waals surface area (Å²) in [7, 11) is 0. The molecule has 0 aliphatic rings. The topological polar surface area (TPSA) is 65.2 Å². The van der Waals surface area contributed by atoms with Crippen LogP contribution in [0.25, 0.3) is 0 Å². The van der Waals surface area contributed by atoms with Crippen LogP contribution in [0.3, 0.4) is 0 Å². The monoisotopic (exact) mass is 596 g/mol. The Morgan fingerprint density at radius 3 is 1.25 bits per heavy atom. The molecular formula is C40H56N2O2. The predicted octanol–water partition coefficient (Wildman–Crippen LogP) is 12.0. The Hall–Kier alpha value is -3.40. The summed E-state index contributed by atoms with van der Waals surface area (Å²) in [6.45, 7) is 8.40. The molecule has 0 heterocycles. The highest BCUT2D eigenvalue weighted by molar-refractivity contribution is 6.05. The van der Waals surface area contributed by atoms with E-state index < -0.39 is 0 Å². The number of rotatable bonds is 20. The van der Waals surface area contributed by atoms with E-state index in [-0.39, 0.29) is 11.5 Å². The number of hydrogen-bond acceptors (Lipinski definition) is 4. The van der Waals surface area contributed by atoms with Crippen LogP contribution in [0.1, 0.15) is 140 Å². The smallest absolute Gasteiger partial charge is 0.124 e. The number of aliphatic imine (C=N–C) groups is 2. The minimum Gasteiger partial charge on any atom is -0.507 e. The molecule has 3 rings (SSSR count). The van der Waals surface area contributed by atoms with Crippen molar-refractivity contribution < 1.29 is 10.2 Å². The summed E-state index contributed by atoms with van der Waals surface area (Å²) in [5.74, 6) is 0.490. The van der Waals surface area contributed by atoms with Gasteiger partial charge >= 0.3 is 0 Å². The van der Waals surface area contributed by atoms with Crippen molar-refractivity contribution in [2.45, 2.75) is 130 Å². The molecule has 2 N–H and O–H groups in total. The van der Waals surface area contributed by atoms with Gasteiger partial charge in [0.05, 0.1) is 11.4 Å². The fourth-order valence-corrected chi connectivity index (χ4v) is 5.76. The van der Waals surface area contributed by atoms with Gasteiger partial charge in [-0.2, -0.15) is 0 Å². The number of phenols is 2. The third-order valence-corrected chi connectivity index (χ3v) is 8.50. The number of unbranched alkanes of at least 4 members (excludes halogenated alkanes) is 12. The molecule has 0 amide bonds. The lowest BCUT2D eigenvalue weighted by Gasteiger charge is -2.10. The van der Waals surface area contributed by atoms with Gasteiger partial charge in [0.25, 0.3) is 0 Å². The molecule has 4 heteroatoms. The van der Waals surface area contributed by atoms with E-state index in [0.717, 1.165) is 59.6 Å². The summed E-state index contributed by atoms with van der Waals surface area (Å²) in [4.78, 5) is 9.84. The summed E-state index contributed by atoms with van der Waals surface area (Å²) >= 11 is 0. The van der Waals surface area contributed by atoms with E-state index in [2.05, 4.69) is 26.0 Å². The Kier molecular flexibility index (Phi) is 15.8. The summed E-state index contributed by atoms with van der Waals surface area (Å²) in [5.41, 5.74) is 6.96. The lowest BCUT2D eigenvalue weighted by molar-refractivity contribution is 0.473. The van der Waals surface area contributed by atoms with Gasteiger partial charge in [-0.05, 0) is 87.1 Å². The molecule has 0 aliphatic carbocycles. The van der Waals surface area contributed by atoms with E-state index >= 15 is 0 Å². The Labute approximate surface area is 267 Å². The van der Waals surface area contributed by atoms with Crippen LogP contribution in [-0.2, 0) is 12.8 Å². The molecule has 0 fully saturated rings. The highest BCUT2D eigenvalue weighted by atomic mass is 16.3. The number of aromatic hydroxyl groups is 2. The predicted molar refractivity (Wildman–Crippen MR) is 190 cm³/mol. The average molecular weight is 597 g/mol. The Bertz CT molecular complexity index is 1240. The number of para-hydroxylation sites is 2. The quantitative estimate of drug-likeness (QED) is 0.101. The summed E-state index contributed by atoms with van der Waals surface area (Å²) in [6, 6.07) is 19.6. The minimum absolute atomic E-state index is 0.245. The zero-order valence-corrected chi connectivity index (χ0v) is 27.9. The fourth-order valence-electron chi connectivity index (χ4n) is 5.76. The second-order valence-electron chi connectivity index (χ2n) is 12.3. The number of nitrogens with zero attached hydrogens (tertiary/aromatic N) is 2. The van der Waals surface area contributed by atoms with Crippen molar-refractivity contribution in [1.29, 1.82) is 0 Å². The van der Waals surface area contributed by atoms with Crippen LogP contribution in [0, 0.1) is 0 Å². The van der Waals surface area contributed by atoms with Crippen molar-refractivity contribution >= 4 is 22.8 Å². The standard InChI is InChI=1S/C40H56N2O2/c1-5-7-9-11-13-15-17-21-33-25-27-39(43)35(29-33)31(3)41-37-23-19-20-24-38(37)42-32(4)36-30-34(26-28-40(36)44)22-18-16-14-12-10-8-6-2/h19-20,23-30,43-44H,5-18,21-22H2,1-4H3. The van der Waals surface area contributed by atoms with Gasteiger partial charge < -0.3 is 10.2 Å². The maximum atomic E-state index is 10.7. The van der Waals surface area contributed by atoms with Crippen LogP contribution in [-0.4, -0.2) is 21.6 Å². The van der Waals surface area contributed by atoms with Crippen molar-refractivity contribution in [3.05, 3.63) is 82.9 Å². The van der Waals surface area contributed by atoms with E-state index in [9.17, 15) is 10.2 Å². The van der Waals surface area contributed by atoms with Crippen molar-refractivity contribution in [3.8, 4) is 11.5 Å². The normalized spacial score (nSPS) is 12.2. The molecule has 0 bridgehead atoms. The average Bonchev–Trinajstić information content (AvgIpc) is 3.02. The molecule has 0 aromatic heterocycles. The maximum Gasteiger partial charge on any atom is 0.124 e. The molecule has 0 unspecified atom stereocenters. The van der Waals surface area contributed by atoms with Crippen LogP contribution in [0.15, 0.2) is 70.6 Å². The molecule has 0 aliphatic heterocycles. The Balaban J connectivity index is 1.70. The summed E-state index contributed by atoms with van der Waals surface area (Å²) in [5, 5.41) is 21.4. The molecule has 0 saturated heterocycles. The fraction of sp³-hybridized carbons (Fsp3) is 0.500. The highest BCUT2D eigenvalue weighted by Crippen LogP contribution is 2.31. The van der Waals surface area contributed by atoms with Crippen LogP contribution in [0.4, 0.5) is 11.4 Å². The third-order valence-electron chi connectivity index (χ3n) is 8.50. The van der Waals surface area contributed by atoms with E-state index in [4.69, 9.17) is 9.98 Å². The molecule has 238 valence electrons. The first-order chi connectivity index (χ1) is 21.4. The molecule has 4 nitrogen and oxygen atoms in total. The van der Waals surface area contributed by atoms with Gasteiger partial charge in [-0.15, -0.1) is 0 Å². The van der Waals surface area contributed by atoms with Crippen molar-refractivity contribution in [2.75, 3.05) is 0 Å². The number of hydrogen-bond donors (Lipinski definition) is 2. The molecule has 0 spiro atoms.